The van der Waals surface area contributed by atoms with E-state index in [9.17, 15) is 10.1 Å². The molecular formula is C10H14N2O2S. The molecule has 1 aliphatic rings. The summed E-state index contributed by atoms with van der Waals surface area (Å²) in [5.41, 5.74) is 0. The number of rotatable bonds is 6. The summed E-state index contributed by atoms with van der Waals surface area (Å²) in [6.07, 6.45) is 4.01. The van der Waals surface area contributed by atoms with Gasteiger partial charge in [-0.1, -0.05) is 24.2 Å². The van der Waals surface area contributed by atoms with Gasteiger partial charge in [-0.3, -0.25) is 10.1 Å². The zero-order chi connectivity index (χ0) is 10.7. The molecule has 1 aliphatic carbocycles. The summed E-state index contributed by atoms with van der Waals surface area (Å²) in [6.45, 7) is 1.78. The fourth-order valence-electron chi connectivity index (χ4n) is 1.48. The molecule has 1 aromatic rings. The van der Waals surface area contributed by atoms with E-state index in [0.29, 0.717) is 0 Å². The summed E-state index contributed by atoms with van der Waals surface area (Å²) < 4.78 is 0. The van der Waals surface area contributed by atoms with E-state index in [0.717, 1.165) is 23.9 Å². The Balaban J connectivity index is 1.70. The lowest BCUT2D eigenvalue weighted by Gasteiger charge is -2.00. The molecule has 0 spiro atoms. The topological polar surface area (TPSA) is 55.2 Å². The highest BCUT2D eigenvalue weighted by atomic mass is 32.1. The summed E-state index contributed by atoms with van der Waals surface area (Å²) in [7, 11) is 0. The van der Waals surface area contributed by atoms with Crippen molar-refractivity contribution in [2.24, 2.45) is 5.92 Å². The van der Waals surface area contributed by atoms with Gasteiger partial charge in [-0.25, -0.2) is 0 Å². The summed E-state index contributed by atoms with van der Waals surface area (Å²) in [5, 5.41) is 14.0. The predicted octanol–water partition coefficient (Wildman–Crippen LogP) is 2.55. The van der Waals surface area contributed by atoms with Gasteiger partial charge < -0.3 is 5.32 Å². The third-order valence-corrected chi connectivity index (χ3v) is 3.59. The molecule has 4 nitrogen and oxygen atoms in total. The second kappa shape index (κ2) is 4.72. The summed E-state index contributed by atoms with van der Waals surface area (Å²) in [4.78, 5) is 11.1. The van der Waals surface area contributed by atoms with Crippen molar-refractivity contribution < 1.29 is 4.92 Å². The molecule has 1 heterocycles. The maximum atomic E-state index is 10.4. The second-order valence-electron chi connectivity index (χ2n) is 3.91. The van der Waals surface area contributed by atoms with Crippen LogP contribution in [0.25, 0.3) is 0 Å². The zero-order valence-electron chi connectivity index (χ0n) is 8.44. The zero-order valence-corrected chi connectivity index (χ0v) is 9.26. The van der Waals surface area contributed by atoms with Crippen molar-refractivity contribution in [2.75, 3.05) is 6.54 Å². The smallest absolute Gasteiger partial charge is 0.312 e. The van der Waals surface area contributed by atoms with Crippen LogP contribution in [0.5, 0.6) is 0 Å². The molecule has 1 saturated carbocycles. The van der Waals surface area contributed by atoms with E-state index in [1.807, 2.05) is 6.07 Å². The molecular weight excluding hydrogens is 212 g/mol. The van der Waals surface area contributed by atoms with Crippen LogP contribution >= 0.6 is 11.3 Å². The van der Waals surface area contributed by atoms with Gasteiger partial charge in [0.25, 0.3) is 0 Å². The molecule has 0 bridgehead atoms. The predicted molar refractivity (Wildman–Crippen MR) is 60.0 cm³/mol. The molecule has 0 aromatic carbocycles. The number of nitrogens with one attached hydrogen (secondary N) is 1. The fourth-order valence-corrected chi connectivity index (χ4v) is 2.27. The van der Waals surface area contributed by atoms with Crippen molar-refractivity contribution in [3.63, 3.8) is 0 Å². The molecule has 5 heteroatoms. The van der Waals surface area contributed by atoms with Gasteiger partial charge in [0.2, 0.25) is 0 Å². The van der Waals surface area contributed by atoms with Crippen LogP contribution in [-0.4, -0.2) is 11.5 Å². The Kier molecular flexibility index (Phi) is 3.33. The van der Waals surface area contributed by atoms with E-state index in [2.05, 4.69) is 5.32 Å². The van der Waals surface area contributed by atoms with E-state index >= 15 is 0 Å². The standard InChI is InChI=1S/C10H14N2O2S/c13-12(14)10-4-3-9(15-10)7-11-6-5-8-1-2-8/h3-4,8,11H,1-2,5-7H2. The van der Waals surface area contributed by atoms with Crippen LogP contribution in [0.15, 0.2) is 12.1 Å². The van der Waals surface area contributed by atoms with Crippen LogP contribution in [0, 0.1) is 16.0 Å². The Morgan fingerprint density at radius 1 is 1.53 bits per heavy atom. The molecule has 82 valence electrons. The van der Waals surface area contributed by atoms with Crippen molar-refractivity contribution >= 4 is 16.3 Å². The SMILES string of the molecule is O=[N+]([O-])c1ccc(CNCCC2CC2)s1. The number of thiophene rings is 1. The van der Waals surface area contributed by atoms with E-state index in [1.165, 1.54) is 30.6 Å². The quantitative estimate of drug-likeness (QED) is 0.460. The molecule has 0 unspecified atom stereocenters. The summed E-state index contributed by atoms with van der Waals surface area (Å²) in [5.74, 6) is 0.940. The number of hydrogen-bond acceptors (Lipinski definition) is 4. The van der Waals surface area contributed by atoms with Crippen LogP contribution < -0.4 is 5.32 Å². The fraction of sp³-hybridized carbons (Fsp3) is 0.600. The highest BCUT2D eigenvalue weighted by Crippen LogP contribution is 2.31. The van der Waals surface area contributed by atoms with E-state index in [4.69, 9.17) is 0 Å². The van der Waals surface area contributed by atoms with Crippen molar-refractivity contribution in [1.29, 1.82) is 0 Å². The average molecular weight is 226 g/mol. The second-order valence-corrected chi connectivity index (χ2v) is 5.05. The minimum Gasteiger partial charge on any atom is -0.312 e. The Morgan fingerprint density at radius 2 is 2.33 bits per heavy atom. The summed E-state index contributed by atoms with van der Waals surface area (Å²) >= 11 is 1.25. The molecule has 0 amide bonds. The third kappa shape index (κ3) is 3.28. The van der Waals surface area contributed by atoms with Gasteiger partial charge in [0.05, 0.1) is 4.92 Å². The maximum absolute atomic E-state index is 10.4. The number of nitrogens with zero attached hydrogens (tertiary/aromatic N) is 1. The molecule has 2 rings (SSSR count). The largest absolute Gasteiger partial charge is 0.324 e. The van der Waals surface area contributed by atoms with Gasteiger partial charge in [0.15, 0.2) is 0 Å². The average Bonchev–Trinajstić information content (AvgIpc) is 2.90. The monoisotopic (exact) mass is 226 g/mol. The first-order valence-electron chi connectivity index (χ1n) is 5.19. The lowest BCUT2D eigenvalue weighted by molar-refractivity contribution is -0.380. The van der Waals surface area contributed by atoms with Crippen molar-refractivity contribution in [1.82, 2.24) is 5.32 Å². The molecule has 0 aliphatic heterocycles. The van der Waals surface area contributed by atoms with Crippen molar-refractivity contribution in [3.8, 4) is 0 Å². The molecule has 0 atom stereocenters. The molecule has 1 fully saturated rings. The highest BCUT2D eigenvalue weighted by Gasteiger charge is 2.20. The van der Waals surface area contributed by atoms with E-state index in [-0.39, 0.29) is 9.92 Å². The molecule has 0 radical (unpaired) electrons. The Hall–Kier alpha value is -0.940. The van der Waals surface area contributed by atoms with Crippen molar-refractivity contribution in [3.05, 3.63) is 27.1 Å². The normalized spacial score (nSPS) is 15.5. The minimum atomic E-state index is -0.335. The lowest BCUT2D eigenvalue weighted by atomic mass is 10.3. The molecule has 15 heavy (non-hydrogen) atoms. The molecule has 1 N–H and O–H groups in total. The minimum absolute atomic E-state index is 0.231. The maximum Gasteiger partial charge on any atom is 0.324 e. The van der Waals surface area contributed by atoms with Crippen molar-refractivity contribution in [2.45, 2.75) is 25.8 Å². The Bertz CT molecular complexity index is 347. The van der Waals surface area contributed by atoms with E-state index in [1.54, 1.807) is 6.07 Å². The third-order valence-electron chi connectivity index (χ3n) is 2.55. The van der Waals surface area contributed by atoms with Crippen LogP contribution in [0.1, 0.15) is 24.1 Å². The molecule has 0 saturated heterocycles. The Labute approximate surface area is 92.5 Å². The first kappa shape index (κ1) is 10.6. The highest BCUT2D eigenvalue weighted by molar-refractivity contribution is 7.15. The first-order valence-corrected chi connectivity index (χ1v) is 6.01. The van der Waals surface area contributed by atoms with Gasteiger partial charge >= 0.3 is 5.00 Å². The number of nitro groups is 1. The first-order chi connectivity index (χ1) is 7.25. The van der Waals surface area contributed by atoms with Crippen LogP contribution in [-0.2, 0) is 6.54 Å². The number of hydrogen-bond donors (Lipinski definition) is 1. The van der Waals surface area contributed by atoms with Crippen LogP contribution in [0.2, 0.25) is 0 Å². The van der Waals surface area contributed by atoms with Gasteiger partial charge in [-0.2, -0.15) is 0 Å². The lowest BCUT2D eigenvalue weighted by Crippen LogP contribution is -2.14. The van der Waals surface area contributed by atoms with Gasteiger partial charge in [0, 0.05) is 17.5 Å². The summed E-state index contributed by atoms with van der Waals surface area (Å²) in [6, 6.07) is 3.40. The van der Waals surface area contributed by atoms with E-state index < -0.39 is 0 Å². The Morgan fingerprint density at radius 3 is 2.93 bits per heavy atom. The van der Waals surface area contributed by atoms with Crippen LogP contribution in [0.4, 0.5) is 5.00 Å². The van der Waals surface area contributed by atoms with Crippen LogP contribution in [0.3, 0.4) is 0 Å². The van der Waals surface area contributed by atoms with Gasteiger partial charge in [0.1, 0.15) is 0 Å². The molecule has 1 aromatic heterocycles. The van der Waals surface area contributed by atoms with Gasteiger partial charge in [-0.15, -0.1) is 0 Å². The van der Waals surface area contributed by atoms with Gasteiger partial charge in [-0.05, 0) is 24.9 Å².